The largest absolute Gasteiger partial charge is 0.480 e. The number of piperidine rings is 1. The molecule has 0 radical (unpaired) electrons. The second-order valence-corrected chi connectivity index (χ2v) is 6.27. The van der Waals surface area contributed by atoms with Gasteiger partial charge in [0.15, 0.2) is 0 Å². The van der Waals surface area contributed by atoms with Crippen molar-refractivity contribution in [1.29, 1.82) is 0 Å². The molecule has 0 saturated carbocycles. The van der Waals surface area contributed by atoms with Gasteiger partial charge in [-0.05, 0) is 51.4 Å². The van der Waals surface area contributed by atoms with E-state index in [2.05, 4.69) is 41.0 Å². The average molecular weight is 304 g/mol. The zero-order chi connectivity index (χ0) is 15.9. The van der Waals surface area contributed by atoms with E-state index in [-0.39, 0.29) is 6.54 Å². The average Bonchev–Trinajstić information content (AvgIpc) is 2.51. The zero-order valence-electron chi connectivity index (χ0n) is 13.8. The molecule has 4 nitrogen and oxygen atoms in total. The number of likely N-dealkylation sites (tertiary alicyclic amines) is 1. The number of rotatable bonds is 7. The number of aryl methyl sites for hydroxylation is 1. The van der Waals surface area contributed by atoms with Gasteiger partial charge in [-0.3, -0.25) is 9.69 Å². The Balaban J connectivity index is 1.76. The number of hydrogen-bond acceptors (Lipinski definition) is 3. The van der Waals surface area contributed by atoms with Gasteiger partial charge in [0.1, 0.15) is 0 Å². The molecule has 1 aliphatic rings. The summed E-state index contributed by atoms with van der Waals surface area (Å²) in [6.07, 6.45) is 3.25. The van der Waals surface area contributed by atoms with E-state index in [4.69, 9.17) is 5.11 Å². The van der Waals surface area contributed by atoms with Crippen molar-refractivity contribution in [3.63, 3.8) is 0 Å². The molecule has 1 fully saturated rings. The van der Waals surface area contributed by atoms with E-state index in [1.54, 1.807) is 0 Å². The van der Waals surface area contributed by atoms with Gasteiger partial charge < -0.3 is 10.0 Å². The van der Waals surface area contributed by atoms with Gasteiger partial charge in [-0.25, -0.2) is 0 Å². The van der Waals surface area contributed by atoms with Crippen molar-refractivity contribution in [2.24, 2.45) is 0 Å². The Kier molecular flexibility index (Phi) is 6.40. The molecular formula is C18H28N2O2. The fraction of sp³-hybridized carbons (Fsp3) is 0.611. The lowest BCUT2D eigenvalue weighted by atomic mass is 10.0. The predicted molar refractivity (Wildman–Crippen MR) is 89.2 cm³/mol. The Hall–Kier alpha value is -1.39. The summed E-state index contributed by atoms with van der Waals surface area (Å²) in [5.41, 5.74) is 2.73. The number of carbonyl (C=O) groups is 1. The van der Waals surface area contributed by atoms with Gasteiger partial charge in [-0.2, -0.15) is 0 Å². The number of aliphatic carboxylic acids is 1. The molecule has 1 heterocycles. The molecule has 4 heteroatoms. The zero-order valence-corrected chi connectivity index (χ0v) is 13.8. The highest BCUT2D eigenvalue weighted by molar-refractivity contribution is 5.69. The highest BCUT2D eigenvalue weighted by Crippen LogP contribution is 2.17. The molecule has 2 rings (SSSR count). The van der Waals surface area contributed by atoms with Crippen LogP contribution in [0.4, 0.5) is 0 Å². The molecule has 0 amide bonds. The molecule has 0 bridgehead atoms. The molecule has 22 heavy (non-hydrogen) atoms. The minimum Gasteiger partial charge on any atom is -0.480 e. The first-order chi connectivity index (χ1) is 10.6. The Morgan fingerprint density at radius 2 is 2.09 bits per heavy atom. The van der Waals surface area contributed by atoms with Crippen molar-refractivity contribution in [3.8, 4) is 0 Å². The van der Waals surface area contributed by atoms with Crippen molar-refractivity contribution in [1.82, 2.24) is 9.80 Å². The minimum atomic E-state index is -0.719. The summed E-state index contributed by atoms with van der Waals surface area (Å²) in [4.78, 5) is 15.5. The van der Waals surface area contributed by atoms with E-state index >= 15 is 0 Å². The number of likely N-dealkylation sites (N-methyl/N-ethyl adjacent to an activating group) is 1. The maximum absolute atomic E-state index is 10.9. The summed E-state index contributed by atoms with van der Waals surface area (Å²) in [6.45, 7) is 8.43. The molecule has 0 aromatic heterocycles. The van der Waals surface area contributed by atoms with E-state index in [1.807, 2.05) is 6.92 Å². The van der Waals surface area contributed by atoms with E-state index < -0.39 is 5.97 Å². The Labute approximate surface area is 133 Å². The van der Waals surface area contributed by atoms with Crippen LogP contribution in [-0.2, 0) is 11.2 Å². The molecule has 1 aromatic rings. The Morgan fingerprint density at radius 3 is 2.68 bits per heavy atom. The predicted octanol–water partition coefficient (Wildman–Crippen LogP) is 2.41. The van der Waals surface area contributed by atoms with Crippen molar-refractivity contribution in [2.75, 3.05) is 32.7 Å². The minimum absolute atomic E-state index is 0.171. The molecular weight excluding hydrogens is 276 g/mol. The number of carboxylic acid groups (broad SMARTS) is 1. The summed E-state index contributed by atoms with van der Waals surface area (Å²) in [5, 5.41) is 8.98. The lowest BCUT2D eigenvalue weighted by molar-refractivity contribution is -0.139. The van der Waals surface area contributed by atoms with Crippen molar-refractivity contribution in [2.45, 2.75) is 39.2 Å². The monoisotopic (exact) mass is 304 g/mol. The van der Waals surface area contributed by atoms with Crippen LogP contribution in [0, 0.1) is 6.92 Å². The SMILES string of the molecule is CCN(CC(=O)O)C1CCN(CCc2cccc(C)c2)CC1. The third-order valence-corrected chi connectivity index (χ3v) is 4.62. The fourth-order valence-electron chi connectivity index (χ4n) is 3.34. The molecule has 0 atom stereocenters. The molecule has 0 spiro atoms. The topological polar surface area (TPSA) is 43.8 Å². The van der Waals surface area contributed by atoms with Gasteiger partial charge in [-0.15, -0.1) is 0 Å². The molecule has 1 aromatic carbocycles. The van der Waals surface area contributed by atoms with Crippen LogP contribution < -0.4 is 0 Å². The highest BCUT2D eigenvalue weighted by Gasteiger charge is 2.24. The molecule has 1 saturated heterocycles. The van der Waals surface area contributed by atoms with Gasteiger partial charge >= 0.3 is 5.97 Å². The van der Waals surface area contributed by atoms with E-state index in [9.17, 15) is 4.79 Å². The van der Waals surface area contributed by atoms with Crippen LogP contribution >= 0.6 is 0 Å². The van der Waals surface area contributed by atoms with Crippen LogP contribution in [0.2, 0.25) is 0 Å². The summed E-state index contributed by atoms with van der Waals surface area (Å²) in [5.74, 6) is -0.719. The van der Waals surface area contributed by atoms with Crippen LogP contribution in [0.3, 0.4) is 0 Å². The quantitative estimate of drug-likeness (QED) is 0.840. The van der Waals surface area contributed by atoms with E-state index in [1.165, 1.54) is 11.1 Å². The van der Waals surface area contributed by atoms with Gasteiger partial charge in [-0.1, -0.05) is 36.8 Å². The van der Waals surface area contributed by atoms with Crippen LogP contribution in [0.25, 0.3) is 0 Å². The molecule has 0 aliphatic carbocycles. The van der Waals surface area contributed by atoms with Crippen molar-refractivity contribution in [3.05, 3.63) is 35.4 Å². The molecule has 1 aliphatic heterocycles. The van der Waals surface area contributed by atoms with Crippen LogP contribution in [0.5, 0.6) is 0 Å². The number of nitrogens with zero attached hydrogens (tertiary/aromatic N) is 2. The summed E-state index contributed by atoms with van der Waals surface area (Å²) >= 11 is 0. The lowest BCUT2D eigenvalue weighted by Gasteiger charge is -2.37. The molecule has 1 N–H and O–H groups in total. The van der Waals surface area contributed by atoms with Crippen molar-refractivity contribution >= 4 is 5.97 Å². The maximum Gasteiger partial charge on any atom is 0.317 e. The van der Waals surface area contributed by atoms with E-state index in [0.717, 1.165) is 45.4 Å². The summed E-state index contributed by atoms with van der Waals surface area (Å²) in [6, 6.07) is 9.15. The normalized spacial score (nSPS) is 17.0. The number of carboxylic acids is 1. The third-order valence-electron chi connectivity index (χ3n) is 4.62. The van der Waals surface area contributed by atoms with Crippen LogP contribution in [-0.4, -0.2) is 59.6 Å². The highest BCUT2D eigenvalue weighted by atomic mass is 16.4. The Morgan fingerprint density at radius 1 is 1.36 bits per heavy atom. The fourth-order valence-corrected chi connectivity index (χ4v) is 3.34. The van der Waals surface area contributed by atoms with Crippen molar-refractivity contribution < 1.29 is 9.90 Å². The van der Waals surface area contributed by atoms with Crippen LogP contribution in [0.15, 0.2) is 24.3 Å². The standard InChI is InChI=1S/C18H28N2O2/c1-3-20(14-18(21)22)17-8-11-19(12-9-17)10-7-16-6-4-5-15(2)13-16/h4-6,13,17H,3,7-12,14H2,1-2H3,(H,21,22). The first kappa shape index (κ1) is 17.0. The lowest BCUT2D eigenvalue weighted by Crippen LogP contribution is -2.46. The Bertz CT molecular complexity index is 482. The van der Waals surface area contributed by atoms with Gasteiger partial charge in [0, 0.05) is 12.6 Å². The van der Waals surface area contributed by atoms with Gasteiger partial charge in [0.05, 0.1) is 6.54 Å². The van der Waals surface area contributed by atoms with Gasteiger partial charge in [0.2, 0.25) is 0 Å². The van der Waals surface area contributed by atoms with E-state index in [0.29, 0.717) is 6.04 Å². The summed E-state index contributed by atoms with van der Waals surface area (Å²) < 4.78 is 0. The third kappa shape index (κ3) is 5.11. The maximum atomic E-state index is 10.9. The second-order valence-electron chi connectivity index (χ2n) is 6.27. The molecule has 122 valence electrons. The van der Waals surface area contributed by atoms with Gasteiger partial charge in [0.25, 0.3) is 0 Å². The smallest absolute Gasteiger partial charge is 0.317 e. The first-order valence-electron chi connectivity index (χ1n) is 8.32. The summed E-state index contributed by atoms with van der Waals surface area (Å²) in [7, 11) is 0. The van der Waals surface area contributed by atoms with Crippen LogP contribution in [0.1, 0.15) is 30.9 Å². The number of hydrogen-bond donors (Lipinski definition) is 1. The second kappa shape index (κ2) is 8.30. The molecule has 0 unspecified atom stereocenters. The number of benzene rings is 1. The first-order valence-corrected chi connectivity index (χ1v) is 8.32.